The Morgan fingerprint density at radius 3 is 2.43 bits per heavy atom. The van der Waals surface area contributed by atoms with Crippen LogP contribution in [0.4, 0.5) is 5.82 Å². The van der Waals surface area contributed by atoms with E-state index in [1.165, 1.54) is 6.07 Å². The first-order valence-corrected chi connectivity index (χ1v) is 6.39. The summed E-state index contributed by atoms with van der Waals surface area (Å²) in [4.78, 5) is 27.3. The highest BCUT2D eigenvalue weighted by molar-refractivity contribution is 6.25. The van der Waals surface area contributed by atoms with Crippen LogP contribution in [0.25, 0.3) is 22.0 Å². The Balaban J connectivity index is 2.23. The molecule has 1 heterocycles. The topological polar surface area (TPSA) is 73.1 Å². The average molecular weight is 276 g/mol. The van der Waals surface area contributed by atoms with Gasteiger partial charge in [-0.15, -0.1) is 0 Å². The summed E-state index contributed by atoms with van der Waals surface area (Å²) in [6.07, 6.45) is 0. The van der Waals surface area contributed by atoms with Gasteiger partial charge in [0.2, 0.25) is 0 Å². The van der Waals surface area contributed by atoms with Crippen LogP contribution >= 0.6 is 0 Å². The van der Waals surface area contributed by atoms with Gasteiger partial charge in [0, 0.05) is 28.1 Å². The molecule has 3 aromatic rings. The number of rotatable bonds is 1. The molecule has 100 valence electrons. The van der Waals surface area contributed by atoms with Gasteiger partial charge in [0.15, 0.2) is 11.5 Å². The van der Waals surface area contributed by atoms with Crippen LogP contribution in [0, 0.1) is 10.1 Å². The third kappa shape index (κ3) is 1.51. The Labute approximate surface area is 119 Å². The Morgan fingerprint density at radius 2 is 1.67 bits per heavy atom. The van der Waals surface area contributed by atoms with Crippen molar-refractivity contribution in [1.82, 2.24) is 4.98 Å². The summed E-state index contributed by atoms with van der Waals surface area (Å²) >= 11 is 0. The highest BCUT2D eigenvalue weighted by Crippen LogP contribution is 2.39. The van der Waals surface area contributed by atoms with E-state index in [0.29, 0.717) is 33.2 Å². The van der Waals surface area contributed by atoms with E-state index in [1.54, 1.807) is 42.5 Å². The second-order valence-corrected chi connectivity index (χ2v) is 4.86. The smallest absolute Gasteiger partial charge is 0.358 e. The van der Waals surface area contributed by atoms with Gasteiger partial charge in [-0.1, -0.05) is 36.4 Å². The molecule has 2 aromatic carbocycles. The number of carbonyl (C=O) groups excluding carboxylic acids is 1. The number of fused-ring (bicyclic) bond motifs is 2. The molecule has 0 saturated heterocycles. The lowest BCUT2D eigenvalue weighted by Gasteiger charge is -2.16. The molecule has 1 aliphatic rings. The first kappa shape index (κ1) is 11.7. The summed E-state index contributed by atoms with van der Waals surface area (Å²) < 4.78 is 0. The fourth-order valence-corrected chi connectivity index (χ4v) is 2.81. The summed E-state index contributed by atoms with van der Waals surface area (Å²) in [6.45, 7) is 0. The zero-order chi connectivity index (χ0) is 14.6. The summed E-state index contributed by atoms with van der Waals surface area (Å²) in [6, 6.07) is 13.7. The van der Waals surface area contributed by atoms with Gasteiger partial charge in [-0.05, 0) is 21.4 Å². The maximum Gasteiger partial charge on any atom is 0.364 e. The summed E-state index contributed by atoms with van der Waals surface area (Å²) in [5.74, 6) is -0.279. The van der Waals surface area contributed by atoms with E-state index in [0.717, 1.165) is 0 Å². The maximum atomic E-state index is 12.6. The third-order valence-electron chi connectivity index (χ3n) is 3.70. The zero-order valence-electron chi connectivity index (χ0n) is 10.7. The summed E-state index contributed by atoms with van der Waals surface area (Å²) in [7, 11) is 0. The van der Waals surface area contributed by atoms with Crippen molar-refractivity contribution in [3.8, 4) is 11.3 Å². The SMILES string of the molecule is O=C1c2ccccc2-c2nc([N+](=O)[O-])cc3cccc1c23. The number of aromatic nitrogens is 1. The molecule has 4 rings (SSSR count). The van der Waals surface area contributed by atoms with E-state index < -0.39 is 4.92 Å². The van der Waals surface area contributed by atoms with Crippen LogP contribution in [0.15, 0.2) is 48.5 Å². The first-order chi connectivity index (χ1) is 10.2. The molecule has 0 amide bonds. The van der Waals surface area contributed by atoms with Crippen LogP contribution < -0.4 is 0 Å². The lowest BCUT2D eigenvalue weighted by Crippen LogP contribution is -2.11. The molecule has 0 radical (unpaired) electrons. The highest BCUT2D eigenvalue weighted by Gasteiger charge is 2.30. The van der Waals surface area contributed by atoms with Crippen molar-refractivity contribution in [2.24, 2.45) is 0 Å². The zero-order valence-corrected chi connectivity index (χ0v) is 10.7. The number of benzene rings is 2. The minimum Gasteiger partial charge on any atom is -0.358 e. The summed E-state index contributed by atoms with van der Waals surface area (Å²) in [5, 5.41) is 12.4. The normalized spacial score (nSPS) is 12.3. The van der Waals surface area contributed by atoms with E-state index in [4.69, 9.17) is 0 Å². The van der Waals surface area contributed by atoms with Gasteiger partial charge < -0.3 is 10.1 Å². The molecule has 21 heavy (non-hydrogen) atoms. The fourth-order valence-electron chi connectivity index (χ4n) is 2.81. The Morgan fingerprint density at radius 1 is 0.952 bits per heavy atom. The van der Waals surface area contributed by atoms with Gasteiger partial charge in [-0.2, -0.15) is 0 Å². The molecular formula is C16H8N2O3. The van der Waals surface area contributed by atoms with Crippen LogP contribution in [0.1, 0.15) is 15.9 Å². The van der Waals surface area contributed by atoms with Gasteiger partial charge in [-0.25, -0.2) is 0 Å². The summed E-state index contributed by atoms with van der Waals surface area (Å²) in [5.41, 5.74) is 2.23. The number of carbonyl (C=O) groups is 1. The molecule has 0 fully saturated rings. The molecule has 1 aromatic heterocycles. The standard InChI is InChI=1S/C16H8N2O3/c19-16-11-6-2-1-5-10(11)15-14-9(4-3-7-12(14)16)8-13(17-15)18(20)21/h1-8H. The molecule has 0 atom stereocenters. The Bertz CT molecular complexity index is 947. The molecular weight excluding hydrogens is 268 g/mol. The number of nitrogens with zero attached hydrogens (tertiary/aromatic N) is 2. The van der Waals surface area contributed by atoms with E-state index >= 15 is 0 Å². The molecule has 0 spiro atoms. The molecule has 0 unspecified atom stereocenters. The van der Waals surface area contributed by atoms with Gasteiger partial charge in [0.1, 0.15) is 0 Å². The van der Waals surface area contributed by atoms with Gasteiger partial charge in [0.25, 0.3) is 0 Å². The lowest BCUT2D eigenvalue weighted by molar-refractivity contribution is -0.389. The quantitative estimate of drug-likeness (QED) is 0.394. The predicted octanol–water partition coefficient (Wildman–Crippen LogP) is 3.35. The molecule has 5 nitrogen and oxygen atoms in total. The second kappa shape index (κ2) is 3.96. The number of pyridine rings is 1. The molecule has 0 aliphatic heterocycles. The van der Waals surface area contributed by atoms with Crippen molar-refractivity contribution in [3.63, 3.8) is 0 Å². The van der Waals surface area contributed by atoms with Crippen molar-refractivity contribution in [3.05, 3.63) is 69.8 Å². The molecule has 0 saturated carbocycles. The van der Waals surface area contributed by atoms with Crippen molar-refractivity contribution in [1.29, 1.82) is 0 Å². The number of hydrogen-bond donors (Lipinski definition) is 0. The van der Waals surface area contributed by atoms with Crippen molar-refractivity contribution in [2.75, 3.05) is 0 Å². The third-order valence-corrected chi connectivity index (χ3v) is 3.70. The van der Waals surface area contributed by atoms with Crippen molar-refractivity contribution < 1.29 is 9.72 Å². The van der Waals surface area contributed by atoms with Gasteiger partial charge in [-0.3, -0.25) is 4.79 Å². The van der Waals surface area contributed by atoms with Crippen LogP contribution in [0.3, 0.4) is 0 Å². The van der Waals surface area contributed by atoms with E-state index in [2.05, 4.69) is 4.98 Å². The molecule has 1 aliphatic carbocycles. The van der Waals surface area contributed by atoms with Crippen LogP contribution in [-0.2, 0) is 0 Å². The number of ketones is 1. The minimum absolute atomic E-state index is 0.0700. The van der Waals surface area contributed by atoms with E-state index in [1.807, 2.05) is 0 Å². The van der Waals surface area contributed by atoms with Crippen molar-refractivity contribution in [2.45, 2.75) is 0 Å². The predicted molar refractivity (Wildman–Crippen MR) is 77.3 cm³/mol. The molecule has 5 heteroatoms. The molecule has 0 bridgehead atoms. The van der Waals surface area contributed by atoms with E-state index in [-0.39, 0.29) is 11.6 Å². The Hall–Kier alpha value is -3.08. The average Bonchev–Trinajstić information content (AvgIpc) is 2.51. The number of nitro groups is 1. The van der Waals surface area contributed by atoms with Crippen LogP contribution in [-0.4, -0.2) is 15.7 Å². The molecule has 0 N–H and O–H groups in total. The Kier molecular flexibility index (Phi) is 2.21. The van der Waals surface area contributed by atoms with Crippen LogP contribution in [0.5, 0.6) is 0 Å². The largest absolute Gasteiger partial charge is 0.364 e. The maximum absolute atomic E-state index is 12.6. The highest BCUT2D eigenvalue weighted by atomic mass is 16.6. The van der Waals surface area contributed by atoms with Crippen LogP contribution in [0.2, 0.25) is 0 Å². The second-order valence-electron chi connectivity index (χ2n) is 4.86. The number of hydrogen-bond acceptors (Lipinski definition) is 4. The lowest BCUT2D eigenvalue weighted by atomic mass is 9.86. The van der Waals surface area contributed by atoms with Gasteiger partial charge in [0.05, 0.1) is 0 Å². The van der Waals surface area contributed by atoms with E-state index in [9.17, 15) is 14.9 Å². The van der Waals surface area contributed by atoms with Gasteiger partial charge >= 0.3 is 5.82 Å². The monoisotopic (exact) mass is 276 g/mol. The minimum atomic E-state index is -0.512. The fraction of sp³-hybridized carbons (Fsp3) is 0. The van der Waals surface area contributed by atoms with Crippen molar-refractivity contribution >= 4 is 22.4 Å². The first-order valence-electron chi connectivity index (χ1n) is 6.39.